The van der Waals surface area contributed by atoms with Gasteiger partial charge in [0.1, 0.15) is 0 Å². The van der Waals surface area contributed by atoms with Crippen LogP contribution in [0.15, 0.2) is 66.7 Å². The Morgan fingerprint density at radius 2 is 2.12 bits per heavy atom. The number of aromatic nitrogens is 1. The molecule has 3 nitrogen and oxygen atoms in total. The molecule has 4 rings (SSSR count). The summed E-state index contributed by atoms with van der Waals surface area (Å²) in [5.74, 6) is 0.140. The maximum atomic E-state index is 12.5. The second-order valence-corrected chi connectivity index (χ2v) is 6.66. The van der Waals surface area contributed by atoms with Crippen LogP contribution in [0.2, 0.25) is 0 Å². The lowest BCUT2D eigenvalue weighted by molar-refractivity contribution is -0.116. The first-order valence-electron chi connectivity index (χ1n) is 8.30. The van der Waals surface area contributed by atoms with Crippen LogP contribution in [0.4, 0.5) is 0 Å². The number of pyridine rings is 1. The van der Waals surface area contributed by atoms with Crippen LogP contribution in [-0.2, 0) is 16.6 Å². The summed E-state index contributed by atoms with van der Waals surface area (Å²) in [6.07, 6.45) is 8.38. The number of carbonyl (C=O) groups is 1. The van der Waals surface area contributed by atoms with E-state index in [2.05, 4.69) is 47.2 Å². The van der Waals surface area contributed by atoms with Gasteiger partial charge in [0.25, 0.3) is 0 Å². The molecule has 1 atom stereocenters. The quantitative estimate of drug-likeness (QED) is 0.861. The molecule has 2 aliphatic rings. The number of hydrogen-bond acceptors (Lipinski definition) is 3. The molecule has 0 aliphatic heterocycles. The van der Waals surface area contributed by atoms with E-state index in [9.17, 15) is 4.79 Å². The molecule has 0 fully saturated rings. The van der Waals surface area contributed by atoms with Gasteiger partial charge < -0.3 is 5.32 Å². The van der Waals surface area contributed by atoms with Crippen LogP contribution in [0.1, 0.15) is 24.0 Å². The van der Waals surface area contributed by atoms with E-state index in [0.29, 0.717) is 12.0 Å². The number of benzene rings is 1. The highest BCUT2D eigenvalue weighted by Gasteiger charge is 2.42. The molecule has 3 heteroatoms. The third-order valence-electron chi connectivity index (χ3n) is 5.31. The van der Waals surface area contributed by atoms with Crippen molar-refractivity contribution in [1.29, 1.82) is 0 Å². The first kappa shape index (κ1) is 14.9. The summed E-state index contributed by atoms with van der Waals surface area (Å²) in [5.41, 5.74) is 6.13. The summed E-state index contributed by atoms with van der Waals surface area (Å²) in [7, 11) is 1.85. The van der Waals surface area contributed by atoms with Gasteiger partial charge in [-0.05, 0) is 53.3 Å². The number of hydrogen-bond donors (Lipinski definition) is 1. The Morgan fingerprint density at radius 3 is 2.88 bits per heavy atom. The minimum atomic E-state index is -0.204. The number of allylic oxidation sites excluding steroid dienone is 2. The predicted molar refractivity (Wildman–Crippen MR) is 95.6 cm³/mol. The average Bonchev–Trinajstić information content (AvgIpc) is 2.96. The Bertz CT molecular complexity index is 867. The molecule has 0 saturated heterocycles. The molecule has 1 heterocycles. The zero-order chi connectivity index (χ0) is 16.7. The molecular formula is C21H20N2O. The highest BCUT2D eigenvalue weighted by Crippen LogP contribution is 2.47. The molecule has 24 heavy (non-hydrogen) atoms. The fourth-order valence-electron chi connectivity index (χ4n) is 3.98. The van der Waals surface area contributed by atoms with Crippen molar-refractivity contribution in [3.05, 3.63) is 77.8 Å². The van der Waals surface area contributed by atoms with Gasteiger partial charge in [-0.25, -0.2) is 0 Å². The van der Waals surface area contributed by atoms with Crippen molar-refractivity contribution in [1.82, 2.24) is 10.3 Å². The SMILES string of the molecule is C=C1C(=O)C[C@@]2(C=C1NC)CCc1ccc(-c3cccnc3)cc12. The minimum absolute atomic E-state index is 0.140. The molecule has 0 bridgehead atoms. The van der Waals surface area contributed by atoms with Crippen LogP contribution in [0.5, 0.6) is 0 Å². The van der Waals surface area contributed by atoms with Gasteiger partial charge in [-0.15, -0.1) is 0 Å². The Kier molecular flexibility index (Phi) is 3.38. The molecule has 1 spiro atoms. The smallest absolute Gasteiger partial charge is 0.165 e. The van der Waals surface area contributed by atoms with Gasteiger partial charge >= 0.3 is 0 Å². The molecule has 2 aromatic rings. The van der Waals surface area contributed by atoms with E-state index >= 15 is 0 Å². The van der Waals surface area contributed by atoms with Gasteiger partial charge in [-0.2, -0.15) is 0 Å². The van der Waals surface area contributed by atoms with Crippen LogP contribution < -0.4 is 5.32 Å². The highest BCUT2D eigenvalue weighted by molar-refractivity contribution is 6.01. The lowest BCUT2D eigenvalue weighted by atomic mass is 9.71. The van der Waals surface area contributed by atoms with E-state index in [4.69, 9.17) is 0 Å². The van der Waals surface area contributed by atoms with Crippen molar-refractivity contribution in [2.75, 3.05) is 7.05 Å². The van der Waals surface area contributed by atoms with Crippen molar-refractivity contribution in [3.63, 3.8) is 0 Å². The number of aryl methyl sites for hydroxylation is 1. The molecule has 2 aliphatic carbocycles. The van der Waals surface area contributed by atoms with E-state index in [0.717, 1.165) is 29.7 Å². The van der Waals surface area contributed by atoms with Gasteiger partial charge in [0.15, 0.2) is 5.78 Å². The number of Topliss-reactive ketones (excluding diaryl/α,β-unsaturated/α-hetero) is 1. The third kappa shape index (κ3) is 2.20. The molecule has 0 amide bonds. The van der Waals surface area contributed by atoms with Crippen molar-refractivity contribution in [3.8, 4) is 11.1 Å². The number of ketones is 1. The fraction of sp³-hybridized carbons (Fsp3) is 0.238. The fourth-order valence-corrected chi connectivity index (χ4v) is 3.98. The summed E-state index contributed by atoms with van der Waals surface area (Å²) in [6.45, 7) is 3.93. The lowest BCUT2D eigenvalue weighted by Crippen LogP contribution is -2.33. The van der Waals surface area contributed by atoms with Gasteiger partial charge in [0.2, 0.25) is 0 Å². The lowest BCUT2D eigenvalue weighted by Gasteiger charge is -2.32. The number of carbonyl (C=O) groups excluding carboxylic acids is 1. The zero-order valence-electron chi connectivity index (χ0n) is 13.8. The Balaban J connectivity index is 1.85. The second kappa shape index (κ2) is 5.45. The monoisotopic (exact) mass is 316 g/mol. The van der Waals surface area contributed by atoms with Crippen molar-refractivity contribution in [2.24, 2.45) is 0 Å². The van der Waals surface area contributed by atoms with Gasteiger partial charge in [0.05, 0.1) is 0 Å². The highest BCUT2D eigenvalue weighted by atomic mass is 16.1. The van der Waals surface area contributed by atoms with E-state index in [-0.39, 0.29) is 11.2 Å². The summed E-state index contributed by atoms with van der Waals surface area (Å²) in [4.78, 5) is 16.7. The molecular weight excluding hydrogens is 296 g/mol. The van der Waals surface area contributed by atoms with E-state index < -0.39 is 0 Å². The maximum absolute atomic E-state index is 12.5. The Labute approximate surface area is 142 Å². The molecule has 120 valence electrons. The normalized spacial score (nSPS) is 22.5. The molecule has 1 aromatic carbocycles. The van der Waals surface area contributed by atoms with Crippen LogP contribution >= 0.6 is 0 Å². The standard InChI is InChI=1S/C21H20N2O/c1-14-19(22-2)11-21(12-20(14)24)8-7-15-5-6-16(10-18(15)21)17-4-3-9-23-13-17/h3-6,9-11,13,22H,1,7-8,12H2,2H3/t21-/m0/s1. The molecule has 1 N–H and O–H groups in total. The number of likely N-dealkylation sites (N-methyl/N-ethyl adjacent to an activating group) is 1. The van der Waals surface area contributed by atoms with Crippen molar-refractivity contribution >= 4 is 5.78 Å². The summed E-state index contributed by atoms with van der Waals surface area (Å²) in [6, 6.07) is 10.6. The second-order valence-electron chi connectivity index (χ2n) is 6.66. The average molecular weight is 316 g/mol. The first-order valence-corrected chi connectivity index (χ1v) is 8.30. The largest absolute Gasteiger partial charge is 0.388 e. The summed E-state index contributed by atoms with van der Waals surface area (Å²) < 4.78 is 0. The number of fused-ring (bicyclic) bond motifs is 2. The van der Waals surface area contributed by atoms with Crippen molar-refractivity contribution < 1.29 is 4.79 Å². The summed E-state index contributed by atoms with van der Waals surface area (Å²) >= 11 is 0. The topological polar surface area (TPSA) is 42.0 Å². The van der Waals surface area contributed by atoms with E-state index in [1.54, 1.807) is 6.20 Å². The van der Waals surface area contributed by atoms with E-state index in [1.165, 1.54) is 11.1 Å². The van der Waals surface area contributed by atoms with Crippen molar-refractivity contribution in [2.45, 2.75) is 24.7 Å². The molecule has 1 aromatic heterocycles. The number of nitrogens with zero attached hydrogens (tertiary/aromatic N) is 1. The van der Waals surface area contributed by atoms with Gasteiger partial charge in [-0.3, -0.25) is 9.78 Å². The number of nitrogens with one attached hydrogen (secondary N) is 1. The molecule has 0 radical (unpaired) electrons. The Hall–Kier alpha value is -2.68. The maximum Gasteiger partial charge on any atom is 0.165 e. The van der Waals surface area contributed by atoms with E-state index in [1.807, 2.05) is 19.3 Å². The van der Waals surface area contributed by atoms with Crippen LogP contribution in [0.3, 0.4) is 0 Å². The predicted octanol–water partition coefficient (Wildman–Crippen LogP) is 3.56. The Morgan fingerprint density at radius 1 is 1.25 bits per heavy atom. The first-order chi connectivity index (χ1) is 11.6. The van der Waals surface area contributed by atoms with Crippen LogP contribution in [-0.4, -0.2) is 17.8 Å². The zero-order valence-corrected chi connectivity index (χ0v) is 13.8. The third-order valence-corrected chi connectivity index (χ3v) is 5.31. The summed E-state index contributed by atoms with van der Waals surface area (Å²) in [5, 5.41) is 3.14. The number of rotatable bonds is 2. The minimum Gasteiger partial charge on any atom is -0.388 e. The van der Waals surface area contributed by atoms with Crippen LogP contribution in [0, 0.1) is 0 Å². The van der Waals surface area contributed by atoms with Crippen LogP contribution in [0.25, 0.3) is 11.1 Å². The van der Waals surface area contributed by atoms with Gasteiger partial charge in [-0.1, -0.05) is 24.8 Å². The molecule has 0 unspecified atom stereocenters. The van der Waals surface area contributed by atoms with Gasteiger partial charge in [0, 0.05) is 42.5 Å². The molecule has 0 saturated carbocycles.